The molecule has 0 aliphatic carbocycles. The number of nitrogens with one attached hydrogen (secondary N) is 1. The van der Waals surface area contributed by atoms with E-state index >= 15 is 0 Å². The van der Waals surface area contributed by atoms with Gasteiger partial charge in [-0.25, -0.2) is 22.7 Å². The van der Waals surface area contributed by atoms with E-state index in [9.17, 15) is 22.4 Å². The molecule has 0 bridgehead atoms. The fourth-order valence-electron chi connectivity index (χ4n) is 2.68. The monoisotopic (exact) mass is 422 g/mol. The molecule has 0 unspecified atom stereocenters. The second-order valence-corrected chi connectivity index (χ2v) is 8.48. The number of hydrogen-bond donors (Lipinski definition) is 2. The molecule has 0 aliphatic heterocycles. The first-order chi connectivity index (χ1) is 13.4. The van der Waals surface area contributed by atoms with Crippen molar-refractivity contribution >= 4 is 27.6 Å². The maximum atomic E-state index is 14.0. The van der Waals surface area contributed by atoms with E-state index in [0.717, 1.165) is 29.3 Å². The van der Waals surface area contributed by atoms with Crippen LogP contribution in [-0.2, 0) is 19.6 Å². The molecular weight excluding hydrogens is 399 g/mol. The number of ether oxygens (including phenoxy) is 1. The number of aryl methyl sites for hydroxylation is 1. The van der Waals surface area contributed by atoms with Crippen molar-refractivity contribution in [3.63, 3.8) is 0 Å². The Morgan fingerprint density at radius 2 is 1.79 bits per heavy atom. The number of esters is 1. The van der Waals surface area contributed by atoms with Crippen molar-refractivity contribution in [2.24, 2.45) is 5.14 Å². The molecule has 3 N–H and O–H groups in total. The summed E-state index contributed by atoms with van der Waals surface area (Å²) in [5, 5.41) is 7.74. The molecule has 2 rings (SSSR count). The van der Waals surface area contributed by atoms with E-state index in [-0.39, 0.29) is 5.92 Å². The predicted molar refractivity (Wildman–Crippen MR) is 107 cm³/mol. The minimum atomic E-state index is -4.13. The Morgan fingerprint density at radius 3 is 2.38 bits per heavy atom. The lowest BCUT2D eigenvalue weighted by Crippen LogP contribution is -2.31. The van der Waals surface area contributed by atoms with Gasteiger partial charge in [-0.3, -0.25) is 4.79 Å². The van der Waals surface area contributed by atoms with Gasteiger partial charge in [0.25, 0.3) is 5.91 Å². The number of primary sulfonamides is 1. The molecule has 0 saturated heterocycles. The van der Waals surface area contributed by atoms with Gasteiger partial charge in [-0.2, -0.15) is 0 Å². The highest BCUT2D eigenvalue weighted by molar-refractivity contribution is 7.89. The van der Waals surface area contributed by atoms with Crippen molar-refractivity contribution in [2.45, 2.75) is 44.6 Å². The number of benzene rings is 2. The number of para-hydroxylation sites is 1. The van der Waals surface area contributed by atoms with Crippen molar-refractivity contribution in [3.05, 3.63) is 58.9 Å². The van der Waals surface area contributed by atoms with Gasteiger partial charge in [0.15, 0.2) is 6.10 Å². The van der Waals surface area contributed by atoms with E-state index in [0.29, 0.717) is 5.69 Å². The number of carbonyl (C=O) groups excluding carboxylic acids is 2. The van der Waals surface area contributed by atoms with E-state index in [1.54, 1.807) is 0 Å². The van der Waals surface area contributed by atoms with Gasteiger partial charge in [0.05, 0.1) is 10.5 Å². The Bertz CT molecular complexity index is 1050. The lowest BCUT2D eigenvalue weighted by molar-refractivity contribution is -0.123. The smallest absolute Gasteiger partial charge is 0.341 e. The van der Waals surface area contributed by atoms with Crippen LogP contribution < -0.4 is 10.5 Å². The Kier molecular flexibility index (Phi) is 6.76. The molecule has 0 saturated carbocycles. The van der Waals surface area contributed by atoms with Gasteiger partial charge < -0.3 is 10.1 Å². The Labute approximate surface area is 169 Å². The van der Waals surface area contributed by atoms with E-state index < -0.39 is 44.3 Å². The summed E-state index contributed by atoms with van der Waals surface area (Å²) in [6, 6.07) is 8.11. The van der Waals surface area contributed by atoms with Crippen LogP contribution in [0.5, 0.6) is 0 Å². The van der Waals surface area contributed by atoms with E-state index in [1.807, 2.05) is 39.0 Å². The molecule has 0 fully saturated rings. The van der Waals surface area contributed by atoms with Gasteiger partial charge in [0, 0.05) is 5.69 Å². The largest absolute Gasteiger partial charge is 0.449 e. The summed E-state index contributed by atoms with van der Waals surface area (Å²) in [7, 11) is -4.13. The first kappa shape index (κ1) is 22.5. The Hall–Kier alpha value is -2.78. The van der Waals surface area contributed by atoms with Crippen LogP contribution in [0.2, 0.25) is 0 Å². The molecule has 0 radical (unpaired) electrons. The standard InChI is InChI=1S/C20H23FN2O5S/c1-11(2)15-7-5-6-12(3)18(15)23-19(24)13(4)28-20(25)16-10-14(29(22,26)27)8-9-17(16)21/h5-11,13H,1-4H3,(H,23,24)(H2,22,26,27)/t13-/m0/s1. The summed E-state index contributed by atoms with van der Waals surface area (Å²) in [4.78, 5) is 24.4. The average Bonchev–Trinajstić information content (AvgIpc) is 2.62. The average molecular weight is 422 g/mol. The number of anilines is 1. The molecule has 2 aromatic carbocycles. The summed E-state index contributed by atoms with van der Waals surface area (Å²) in [5.41, 5.74) is 1.76. The second kappa shape index (κ2) is 8.71. The van der Waals surface area contributed by atoms with E-state index in [1.165, 1.54) is 6.92 Å². The number of hydrogen-bond acceptors (Lipinski definition) is 5. The molecule has 7 nitrogen and oxygen atoms in total. The van der Waals surface area contributed by atoms with Crippen molar-refractivity contribution < 1.29 is 27.1 Å². The number of halogens is 1. The van der Waals surface area contributed by atoms with Crippen molar-refractivity contribution in [1.82, 2.24) is 0 Å². The molecule has 0 heterocycles. The molecule has 156 valence electrons. The fourth-order valence-corrected chi connectivity index (χ4v) is 3.22. The molecule has 1 amide bonds. The van der Waals surface area contributed by atoms with Gasteiger partial charge in [-0.05, 0) is 49.1 Å². The highest BCUT2D eigenvalue weighted by Crippen LogP contribution is 2.27. The lowest BCUT2D eigenvalue weighted by atomic mass is 9.98. The van der Waals surface area contributed by atoms with Crippen molar-refractivity contribution in [1.29, 1.82) is 0 Å². The topological polar surface area (TPSA) is 116 Å². The molecule has 0 aromatic heterocycles. The number of amides is 1. The lowest BCUT2D eigenvalue weighted by Gasteiger charge is -2.19. The number of rotatable bonds is 6. The van der Waals surface area contributed by atoms with E-state index in [2.05, 4.69) is 5.32 Å². The highest BCUT2D eigenvalue weighted by Gasteiger charge is 2.24. The minimum Gasteiger partial charge on any atom is -0.449 e. The van der Waals surface area contributed by atoms with Crippen LogP contribution in [0.4, 0.5) is 10.1 Å². The van der Waals surface area contributed by atoms with Crippen LogP contribution in [0.25, 0.3) is 0 Å². The van der Waals surface area contributed by atoms with Crippen LogP contribution in [-0.4, -0.2) is 26.4 Å². The number of carbonyl (C=O) groups is 2. The zero-order valence-electron chi connectivity index (χ0n) is 16.5. The molecule has 2 aromatic rings. The third-order valence-electron chi connectivity index (χ3n) is 4.31. The second-order valence-electron chi connectivity index (χ2n) is 6.92. The molecule has 9 heteroatoms. The number of nitrogens with two attached hydrogens (primary N) is 1. The molecule has 0 spiro atoms. The quantitative estimate of drug-likeness (QED) is 0.694. The van der Waals surface area contributed by atoms with E-state index in [4.69, 9.17) is 9.88 Å². The summed E-state index contributed by atoms with van der Waals surface area (Å²) in [6.45, 7) is 7.14. The minimum absolute atomic E-state index is 0.151. The molecular formula is C20H23FN2O5S. The van der Waals surface area contributed by atoms with Crippen molar-refractivity contribution in [3.8, 4) is 0 Å². The Balaban J connectivity index is 2.20. The highest BCUT2D eigenvalue weighted by atomic mass is 32.2. The van der Waals surface area contributed by atoms with Crippen LogP contribution >= 0.6 is 0 Å². The van der Waals surface area contributed by atoms with Gasteiger partial charge in [0.2, 0.25) is 10.0 Å². The van der Waals surface area contributed by atoms with Gasteiger partial charge >= 0.3 is 5.97 Å². The normalized spacial score (nSPS) is 12.5. The summed E-state index contributed by atoms with van der Waals surface area (Å²) >= 11 is 0. The Morgan fingerprint density at radius 1 is 1.14 bits per heavy atom. The SMILES string of the molecule is Cc1cccc(C(C)C)c1NC(=O)[C@H](C)OC(=O)c1cc(S(N)(=O)=O)ccc1F. The first-order valence-corrected chi connectivity index (χ1v) is 10.4. The summed E-state index contributed by atoms with van der Waals surface area (Å²) < 4.78 is 41.8. The van der Waals surface area contributed by atoms with Crippen LogP contribution in [0.15, 0.2) is 41.3 Å². The van der Waals surface area contributed by atoms with Gasteiger partial charge in [0.1, 0.15) is 5.82 Å². The molecule has 1 atom stereocenters. The predicted octanol–water partition coefficient (Wildman–Crippen LogP) is 3.09. The van der Waals surface area contributed by atoms with Crippen LogP contribution in [0.1, 0.15) is 48.2 Å². The maximum Gasteiger partial charge on any atom is 0.341 e. The fraction of sp³-hybridized carbons (Fsp3) is 0.300. The third kappa shape index (κ3) is 5.39. The third-order valence-corrected chi connectivity index (χ3v) is 5.23. The summed E-state index contributed by atoms with van der Waals surface area (Å²) in [5.74, 6) is -2.61. The zero-order valence-corrected chi connectivity index (χ0v) is 17.3. The van der Waals surface area contributed by atoms with Crippen LogP contribution in [0.3, 0.4) is 0 Å². The zero-order chi connectivity index (χ0) is 21.9. The number of sulfonamides is 1. The first-order valence-electron chi connectivity index (χ1n) is 8.85. The van der Waals surface area contributed by atoms with Gasteiger partial charge in [-0.1, -0.05) is 32.0 Å². The maximum absolute atomic E-state index is 14.0. The summed E-state index contributed by atoms with van der Waals surface area (Å²) in [6.07, 6.45) is -1.25. The molecule has 0 aliphatic rings. The molecule has 29 heavy (non-hydrogen) atoms. The van der Waals surface area contributed by atoms with Gasteiger partial charge in [-0.15, -0.1) is 0 Å². The van der Waals surface area contributed by atoms with Crippen LogP contribution in [0, 0.1) is 12.7 Å². The van der Waals surface area contributed by atoms with Crippen molar-refractivity contribution in [2.75, 3.05) is 5.32 Å².